The zero-order chi connectivity index (χ0) is 18.7. The highest BCUT2D eigenvalue weighted by molar-refractivity contribution is 6.33. The van der Waals surface area contributed by atoms with Gasteiger partial charge in [0.25, 0.3) is 5.91 Å². The fraction of sp³-hybridized carbons (Fsp3) is 0.316. The van der Waals surface area contributed by atoms with E-state index >= 15 is 0 Å². The summed E-state index contributed by atoms with van der Waals surface area (Å²) in [6.07, 6.45) is 1.36. The molecule has 2 aromatic rings. The van der Waals surface area contributed by atoms with Crippen molar-refractivity contribution in [2.24, 2.45) is 0 Å². The average Bonchev–Trinajstić information content (AvgIpc) is 2.65. The van der Waals surface area contributed by atoms with Gasteiger partial charge in [0, 0.05) is 32.0 Å². The van der Waals surface area contributed by atoms with Crippen LogP contribution in [0.15, 0.2) is 36.4 Å². The Morgan fingerprint density at radius 1 is 1.22 bits per heavy atom. The maximum absolute atomic E-state index is 13.0. The first kappa shape index (κ1) is 21.1. The predicted octanol–water partition coefficient (Wildman–Crippen LogP) is 4.18. The van der Waals surface area contributed by atoms with E-state index in [4.69, 9.17) is 26.8 Å². The largest absolute Gasteiger partial charge is 0.496 e. The first-order valence-corrected chi connectivity index (χ1v) is 8.70. The predicted molar refractivity (Wildman–Crippen MR) is 106 cm³/mol. The zero-order valence-corrected chi connectivity index (χ0v) is 16.4. The molecule has 0 atom stereocenters. The summed E-state index contributed by atoms with van der Waals surface area (Å²) < 4.78 is 24.1. The number of carbonyl (C=O) groups is 1. The van der Waals surface area contributed by atoms with Crippen molar-refractivity contribution < 1.29 is 18.7 Å². The number of likely N-dealkylation sites (tertiary alicyclic amines) is 1. The summed E-state index contributed by atoms with van der Waals surface area (Å²) in [5.74, 6) is 0.586. The second-order valence-electron chi connectivity index (χ2n) is 6.14. The molecule has 27 heavy (non-hydrogen) atoms. The summed E-state index contributed by atoms with van der Waals surface area (Å²) >= 11 is 6.05. The molecule has 1 aliphatic heterocycles. The second kappa shape index (κ2) is 9.15. The number of rotatable bonds is 4. The molecule has 0 aromatic heterocycles. The van der Waals surface area contributed by atoms with Gasteiger partial charge in [0.05, 0.1) is 23.4 Å². The molecule has 0 unspecified atom stereocenters. The number of halogens is 3. The SMILES string of the molecule is COc1cc(N)c(Cl)cc1C(=O)N1CCC(Oc2ccc(F)cc2)CC1.Cl. The fourth-order valence-corrected chi connectivity index (χ4v) is 3.12. The number of hydrogen-bond acceptors (Lipinski definition) is 4. The number of piperidine rings is 1. The van der Waals surface area contributed by atoms with E-state index in [0.29, 0.717) is 53.7 Å². The molecular weight excluding hydrogens is 394 g/mol. The Labute approximate surface area is 168 Å². The molecule has 0 saturated carbocycles. The summed E-state index contributed by atoms with van der Waals surface area (Å²) in [6.45, 7) is 1.10. The Morgan fingerprint density at radius 3 is 2.44 bits per heavy atom. The zero-order valence-electron chi connectivity index (χ0n) is 14.8. The van der Waals surface area contributed by atoms with E-state index in [1.807, 2.05) is 0 Å². The summed E-state index contributed by atoms with van der Waals surface area (Å²) in [6, 6.07) is 9.04. The smallest absolute Gasteiger partial charge is 0.257 e. The standard InChI is InChI=1S/C19H20ClFN2O3.ClH/c1-25-18-11-17(22)16(20)10-15(18)19(24)23-8-6-14(7-9-23)26-13-4-2-12(21)3-5-13;/h2-5,10-11,14H,6-9,22H2,1H3;1H. The van der Waals surface area contributed by atoms with Crippen LogP contribution in [-0.4, -0.2) is 37.1 Å². The second-order valence-corrected chi connectivity index (χ2v) is 6.54. The molecule has 146 valence electrons. The van der Waals surface area contributed by atoms with E-state index in [2.05, 4.69) is 0 Å². The van der Waals surface area contributed by atoms with Crippen LogP contribution in [0, 0.1) is 5.82 Å². The highest BCUT2D eigenvalue weighted by atomic mass is 35.5. The molecule has 1 amide bonds. The highest BCUT2D eigenvalue weighted by Gasteiger charge is 2.27. The van der Waals surface area contributed by atoms with Crippen molar-refractivity contribution in [1.29, 1.82) is 0 Å². The van der Waals surface area contributed by atoms with Gasteiger partial charge in [-0.25, -0.2) is 4.39 Å². The minimum absolute atomic E-state index is 0. The molecule has 0 aliphatic carbocycles. The molecule has 1 saturated heterocycles. The topological polar surface area (TPSA) is 64.8 Å². The molecule has 3 rings (SSSR count). The number of ether oxygens (including phenoxy) is 2. The van der Waals surface area contributed by atoms with Gasteiger partial charge in [0.1, 0.15) is 23.4 Å². The van der Waals surface area contributed by atoms with Gasteiger partial charge in [0.2, 0.25) is 0 Å². The minimum atomic E-state index is -0.297. The van der Waals surface area contributed by atoms with Crippen LogP contribution in [0.3, 0.4) is 0 Å². The van der Waals surface area contributed by atoms with Crippen molar-refractivity contribution in [3.8, 4) is 11.5 Å². The molecule has 0 spiro atoms. The van der Waals surface area contributed by atoms with Gasteiger partial charge in [-0.1, -0.05) is 11.6 Å². The average molecular weight is 415 g/mol. The lowest BCUT2D eigenvalue weighted by Gasteiger charge is -2.32. The van der Waals surface area contributed by atoms with Crippen molar-refractivity contribution in [2.75, 3.05) is 25.9 Å². The van der Waals surface area contributed by atoms with E-state index in [9.17, 15) is 9.18 Å². The third-order valence-electron chi connectivity index (χ3n) is 4.39. The third-order valence-corrected chi connectivity index (χ3v) is 4.72. The Bertz CT molecular complexity index is 794. The summed E-state index contributed by atoms with van der Waals surface area (Å²) in [4.78, 5) is 14.6. The number of amides is 1. The summed E-state index contributed by atoms with van der Waals surface area (Å²) in [5.41, 5.74) is 6.53. The quantitative estimate of drug-likeness (QED) is 0.762. The number of methoxy groups -OCH3 is 1. The molecule has 1 fully saturated rings. The minimum Gasteiger partial charge on any atom is -0.496 e. The van der Waals surface area contributed by atoms with Gasteiger partial charge in [-0.3, -0.25) is 4.79 Å². The first-order valence-electron chi connectivity index (χ1n) is 8.32. The lowest BCUT2D eigenvalue weighted by Crippen LogP contribution is -2.41. The molecule has 2 N–H and O–H groups in total. The maximum Gasteiger partial charge on any atom is 0.257 e. The number of hydrogen-bond donors (Lipinski definition) is 1. The van der Waals surface area contributed by atoms with Gasteiger partial charge in [-0.2, -0.15) is 0 Å². The van der Waals surface area contributed by atoms with Gasteiger partial charge in [-0.15, -0.1) is 12.4 Å². The van der Waals surface area contributed by atoms with Crippen LogP contribution in [0.5, 0.6) is 11.5 Å². The molecule has 2 aromatic carbocycles. The molecule has 1 aliphatic rings. The highest BCUT2D eigenvalue weighted by Crippen LogP contribution is 2.30. The Morgan fingerprint density at radius 2 is 1.85 bits per heavy atom. The Balaban J connectivity index is 0.00000261. The van der Waals surface area contributed by atoms with Crippen LogP contribution >= 0.6 is 24.0 Å². The van der Waals surface area contributed by atoms with E-state index in [1.165, 1.54) is 19.2 Å². The molecule has 0 bridgehead atoms. The third kappa shape index (κ3) is 4.96. The van der Waals surface area contributed by atoms with E-state index in [0.717, 1.165) is 0 Å². The van der Waals surface area contributed by atoms with Crippen molar-refractivity contribution >= 4 is 35.6 Å². The van der Waals surface area contributed by atoms with Crippen molar-refractivity contribution in [2.45, 2.75) is 18.9 Å². The van der Waals surface area contributed by atoms with Crippen LogP contribution in [-0.2, 0) is 0 Å². The number of nitrogens with zero attached hydrogens (tertiary/aromatic N) is 1. The normalized spacial score (nSPS) is 14.4. The molecule has 0 radical (unpaired) electrons. The van der Waals surface area contributed by atoms with E-state index in [1.54, 1.807) is 29.2 Å². The van der Waals surface area contributed by atoms with E-state index in [-0.39, 0.29) is 30.2 Å². The number of nitrogen functional groups attached to an aromatic ring is 1. The lowest BCUT2D eigenvalue weighted by atomic mass is 10.1. The number of benzene rings is 2. The van der Waals surface area contributed by atoms with Crippen LogP contribution < -0.4 is 15.2 Å². The lowest BCUT2D eigenvalue weighted by molar-refractivity contribution is 0.0592. The Kier molecular flexibility index (Phi) is 7.16. The number of carbonyl (C=O) groups excluding carboxylic acids is 1. The molecule has 8 heteroatoms. The van der Waals surface area contributed by atoms with Crippen LogP contribution in [0.2, 0.25) is 5.02 Å². The van der Waals surface area contributed by atoms with E-state index < -0.39 is 0 Å². The van der Waals surface area contributed by atoms with Gasteiger partial charge in [-0.05, 0) is 30.3 Å². The van der Waals surface area contributed by atoms with Gasteiger partial charge < -0.3 is 20.1 Å². The van der Waals surface area contributed by atoms with Crippen molar-refractivity contribution in [3.63, 3.8) is 0 Å². The Hall–Kier alpha value is -2.18. The van der Waals surface area contributed by atoms with Crippen LogP contribution in [0.25, 0.3) is 0 Å². The molecule has 1 heterocycles. The maximum atomic E-state index is 13.0. The van der Waals surface area contributed by atoms with Crippen molar-refractivity contribution in [3.05, 3.63) is 52.8 Å². The first-order chi connectivity index (χ1) is 12.5. The number of nitrogens with two attached hydrogens (primary N) is 1. The number of anilines is 1. The van der Waals surface area contributed by atoms with Gasteiger partial charge in [0.15, 0.2) is 0 Å². The van der Waals surface area contributed by atoms with Gasteiger partial charge >= 0.3 is 0 Å². The molecule has 5 nitrogen and oxygen atoms in total. The fourth-order valence-electron chi connectivity index (χ4n) is 2.96. The molecular formula is C19H21Cl2FN2O3. The van der Waals surface area contributed by atoms with Crippen molar-refractivity contribution in [1.82, 2.24) is 4.90 Å². The summed E-state index contributed by atoms with van der Waals surface area (Å²) in [5, 5.41) is 0.323. The monoisotopic (exact) mass is 414 g/mol. The summed E-state index contributed by atoms with van der Waals surface area (Å²) in [7, 11) is 1.49. The van der Waals surface area contributed by atoms with Crippen LogP contribution in [0.4, 0.5) is 10.1 Å². The van der Waals surface area contributed by atoms with Crippen LogP contribution in [0.1, 0.15) is 23.2 Å².